The highest BCUT2D eigenvalue weighted by molar-refractivity contribution is 14.1. The molecule has 0 bridgehead atoms. The van der Waals surface area contributed by atoms with E-state index in [0.717, 1.165) is 14.7 Å². The van der Waals surface area contributed by atoms with Crippen molar-refractivity contribution in [1.82, 2.24) is 0 Å². The Morgan fingerprint density at radius 2 is 1.37 bits per heavy atom. The number of carbonyl (C=O) groups is 1. The first-order valence-corrected chi connectivity index (χ1v) is 15.9. The van der Waals surface area contributed by atoms with Crippen LogP contribution in [0.15, 0.2) is 97.1 Å². The van der Waals surface area contributed by atoms with Gasteiger partial charge in [0, 0.05) is 17.5 Å². The smallest absolute Gasteiger partial charge is 0.489 e. The fraction of sp³-hybridized carbons (Fsp3) is 0.265. The molecular weight excluding hydrogens is 727 g/mol. The Bertz CT molecular complexity index is 1460. The highest BCUT2D eigenvalue weighted by Gasteiger charge is 2.26. The normalized spacial score (nSPS) is 12.6. The summed E-state index contributed by atoms with van der Waals surface area (Å²) >= 11 is 5.57. The molecule has 1 N–H and O–H groups in total. The summed E-state index contributed by atoms with van der Waals surface area (Å²) in [5, 5.41) is 11.2. The van der Waals surface area contributed by atoms with Gasteiger partial charge in [-0.2, -0.15) is 0 Å². The molecule has 4 aromatic carbocycles. The molecule has 43 heavy (non-hydrogen) atoms. The molecule has 0 aliphatic carbocycles. The topological polar surface area (TPSA) is 83.5 Å². The lowest BCUT2D eigenvalue weighted by molar-refractivity contribution is 0.0205. The molecule has 0 aliphatic rings. The van der Waals surface area contributed by atoms with Crippen molar-refractivity contribution in [3.63, 3.8) is 0 Å². The van der Waals surface area contributed by atoms with Gasteiger partial charge in [0.05, 0.1) is 3.57 Å². The van der Waals surface area contributed by atoms with Crippen LogP contribution in [0.2, 0.25) is 0 Å². The quantitative estimate of drug-likeness (QED) is 0.0670. The molecule has 0 saturated carbocycles. The van der Waals surface area contributed by atoms with E-state index < -0.39 is 24.0 Å². The van der Waals surface area contributed by atoms with Crippen LogP contribution in [0.25, 0.3) is 0 Å². The lowest BCUT2D eigenvalue weighted by Gasteiger charge is -2.25. The maximum absolute atomic E-state index is 12.1. The number of halogens is 2. The van der Waals surface area contributed by atoms with Gasteiger partial charge in [-0.25, -0.2) is 4.79 Å². The van der Waals surface area contributed by atoms with Gasteiger partial charge < -0.3 is 28.8 Å². The first kappa shape index (κ1) is 32.6. The molecule has 0 fully saturated rings. The lowest BCUT2D eigenvalue weighted by Crippen LogP contribution is -2.26. The van der Waals surface area contributed by atoms with Gasteiger partial charge in [-0.1, -0.05) is 88.7 Å². The average Bonchev–Trinajstić information content (AvgIpc) is 2.99. The molecule has 7 nitrogen and oxygen atoms in total. The molecule has 0 aromatic heterocycles. The second kappa shape index (κ2) is 15.4. The summed E-state index contributed by atoms with van der Waals surface area (Å²) in [6.07, 6.45) is -2.44. The summed E-state index contributed by atoms with van der Waals surface area (Å²) in [5.74, 6) is 1.97. The minimum absolute atomic E-state index is 0.270. The van der Waals surface area contributed by atoms with E-state index >= 15 is 0 Å². The molecule has 2 atom stereocenters. The second-order valence-electron chi connectivity index (χ2n) is 10.7. The van der Waals surface area contributed by atoms with E-state index in [2.05, 4.69) is 38.5 Å². The number of ether oxygens (including phenoxy) is 5. The molecule has 0 spiro atoms. The molecule has 0 saturated heterocycles. The highest BCUT2D eigenvalue weighted by atomic mass is 127. The van der Waals surface area contributed by atoms with E-state index in [4.69, 9.17) is 23.7 Å². The van der Waals surface area contributed by atoms with Crippen LogP contribution in [0.5, 0.6) is 23.0 Å². The van der Waals surface area contributed by atoms with Crippen LogP contribution in [-0.4, -0.2) is 28.3 Å². The number of aliphatic hydroxyl groups is 1. The van der Waals surface area contributed by atoms with Gasteiger partial charge in [-0.15, -0.1) is 0 Å². The zero-order chi connectivity index (χ0) is 30.8. The van der Waals surface area contributed by atoms with Crippen molar-refractivity contribution >= 4 is 44.7 Å². The minimum atomic E-state index is -0.893. The zero-order valence-corrected chi connectivity index (χ0v) is 27.9. The van der Waals surface area contributed by atoms with Crippen LogP contribution in [0.3, 0.4) is 0 Å². The predicted octanol–water partition coefficient (Wildman–Crippen LogP) is 8.64. The molecule has 4 rings (SSSR count). The van der Waals surface area contributed by atoms with Crippen LogP contribution in [-0.2, 0) is 18.0 Å². The van der Waals surface area contributed by atoms with Crippen molar-refractivity contribution in [1.29, 1.82) is 0 Å². The summed E-state index contributed by atoms with van der Waals surface area (Å²) in [4.78, 5) is 12.1. The summed E-state index contributed by atoms with van der Waals surface area (Å²) in [6, 6.07) is 30.2. The van der Waals surface area contributed by atoms with E-state index in [0.29, 0.717) is 41.8 Å². The van der Waals surface area contributed by atoms with Crippen molar-refractivity contribution in [3.05, 3.63) is 117 Å². The van der Waals surface area contributed by atoms with Crippen molar-refractivity contribution in [2.75, 3.05) is 5.33 Å². The number of alkyl halides is 1. The number of aliphatic hydroxyl groups excluding tert-OH is 1. The van der Waals surface area contributed by atoms with Crippen LogP contribution in [0.4, 0.5) is 4.79 Å². The van der Waals surface area contributed by atoms with E-state index in [1.807, 2.05) is 66.7 Å². The number of rotatable bonds is 12. The molecule has 0 heterocycles. The molecular formula is C34H34BrIO7. The van der Waals surface area contributed by atoms with Crippen LogP contribution < -0.4 is 18.9 Å². The predicted molar refractivity (Wildman–Crippen MR) is 177 cm³/mol. The first-order valence-electron chi connectivity index (χ1n) is 13.7. The second-order valence-corrected chi connectivity index (χ2v) is 12.4. The SMILES string of the molecule is CC(C)(C)OC(=O)Oc1ccc([C@H](Oc2cc(OCc3ccccc3)cc(OCc3ccccc3)c2I)[C@H](O)CBr)cc1. The highest BCUT2D eigenvalue weighted by Crippen LogP contribution is 2.39. The maximum Gasteiger partial charge on any atom is 0.514 e. The monoisotopic (exact) mass is 760 g/mol. The van der Waals surface area contributed by atoms with Crippen molar-refractivity contribution in [2.24, 2.45) is 0 Å². The summed E-state index contributed by atoms with van der Waals surface area (Å²) in [5.41, 5.74) is 2.06. The van der Waals surface area contributed by atoms with Gasteiger partial charge in [0.1, 0.15) is 47.9 Å². The van der Waals surface area contributed by atoms with Gasteiger partial charge in [0.15, 0.2) is 6.10 Å². The Hall–Kier alpha value is -3.28. The average molecular weight is 761 g/mol. The van der Waals surface area contributed by atoms with Gasteiger partial charge in [-0.3, -0.25) is 0 Å². The third-order valence-electron chi connectivity index (χ3n) is 6.03. The molecule has 0 radical (unpaired) electrons. The number of hydrogen-bond acceptors (Lipinski definition) is 7. The third kappa shape index (κ3) is 10.1. The molecule has 0 unspecified atom stereocenters. The summed E-state index contributed by atoms with van der Waals surface area (Å²) < 4.78 is 30.1. The molecule has 4 aromatic rings. The number of benzene rings is 4. The Morgan fingerprint density at radius 1 is 0.814 bits per heavy atom. The molecule has 0 aliphatic heterocycles. The van der Waals surface area contributed by atoms with E-state index in [1.165, 1.54) is 0 Å². The van der Waals surface area contributed by atoms with Crippen LogP contribution >= 0.6 is 38.5 Å². The number of hydrogen-bond donors (Lipinski definition) is 1. The standard InChI is InChI=1S/C34H34BrIO7/c1-34(2,3)43-33(38)41-26-16-14-25(15-17-26)32(28(37)20-35)42-30-19-27(39-21-23-10-6-4-7-11-23)18-29(31(30)36)40-22-24-12-8-5-9-13-24/h4-19,28,32,37H,20-22H2,1-3H3/t28-,32+/m1/s1. The fourth-order valence-corrected chi connectivity index (χ4v) is 4.91. The van der Waals surface area contributed by atoms with Gasteiger partial charge in [0.2, 0.25) is 0 Å². The van der Waals surface area contributed by atoms with Crippen LogP contribution in [0.1, 0.15) is 43.6 Å². The van der Waals surface area contributed by atoms with Gasteiger partial charge in [0.25, 0.3) is 0 Å². The Morgan fingerprint density at radius 3 is 1.93 bits per heavy atom. The Balaban J connectivity index is 1.59. The Kier molecular flexibility index (Phi) is 11.7. The van der Waals surface area contributed by atoms with Crippen molar-refractivity contribution < 1.29 is 33.6 Å². The van der Waals surface area contributed by atoms with Crippen molar-refractivity contribution in [3.8, 4) is 23.0 Å². The largest absolute Gasteiger partial charge is 0.514 e. The molecule has 226 valence electrons. The van der Waals surface area contributed by atoms with Crippen LogP contribution in [0, 0.1) is 3.57 Å². The third-order valence-corrected chi connectivity index (χ3v) is 7.75. The van der Waals surface area contributed by atoms with E-state index in [9.17, 15) is 9.90 Å². The fourth-order valence-electron chi connectivity index (χ4n) is 3.98. The maximum atomic E-state index is 12.1. The summed E-state index contributed by atoms with van der Waals surface area (Å²) in [7, 11) is 0. The molecule has 0 amide bonds. The molecule has 9 heteroatoms. The minimum Gasteiger partial charge on any atom is -0.489 e. The van der Waals surface area contributed by atoms with E-state index in [1.54, 1.807) is 51.1 Å². The van der Waals surface area contributed by atoms with Gasteiger partial charge in [-0.05, 0) is 72.2 Å². The lowest BCUT2D eigenvalue weighted by atomic mass is 10.0. The van der Waals surface area contributed by atoms with Crippen molar-refractivity contribution in [2.45, 2.75) is 51.8 Å². The van der Waals surface area contributed by atoms with Gasteiger partial charge >= 0.3 is 6.16 Å². The summed E-state index contributed by atoms with van der Waals surface area (Å²) in [6.45, 7) is 6.03. The first-order chi connectivity index (χ1) is 20.6. The van der Waals surface area contributed by atoms with E-state index in [-0.39, 0.29) is 5.33 Å². The number of carbonyl (C=O) groups excluding carboxylic acids is 1. The Labute approximate surface area is 274 Å². The zero-order valence-electron chi connectivity index (χ0n) is 24.2.